The number of rotatable bonds is 1. The smallest absolute Gasteiger partial charge is 0.323 e. The van der Waals surface area contributed by atoms with Crippen LogP contribution in [-0.2, 0) is 0 Å². The molecule has 2 heterocycles. The molecule has 0 bridgehead atoms. The predicted molar refractivity (Wildman–Crippen MR) is 68.3 cm³/mol. The molecule has 6 heteroatoms. The van der Waals surface area contributed by atoms with Crippen molar-refractivity contribution in [3.05, 3.63) is 17.5 Å². The fourth-order valence-electron chi connectivity index (χ4n) is 1.37. The van der Waals surface area contributed by atoms with Crippen molar-refractivity contribution in [1.82, 2.24) is 15.3 Å². The van der Waals surface area contributed by atoms with Crippen LogP contribution in [0.5, 0.6) is 0 Å². The number of hydrogen-bond acceptors (Lipinski definition) is 3. The van der Waals surface area contributed by atoms with E-state index in [9.17, 15) is 4.79 Å². The lowest BCUT2D eigenvalue weighted by molar-refractivity contribution is 0.251. The summed E-state index contributed by atoms with van der Waals surface area (Å²) < 4.78 is 0. The van der Waals surface area contributed by atoms with Crippen molar-refractivity contribution in [3.8, 4) is 0 Å². The Labute approximate surface area is 106 Å². The molecule has 5 nitrogen and oxygen atoms in total. The molecule has 1 aliphatic rings. The van der Waals surface area contributed by atoms with Gasteiger partial charge in [0.15, 0.2) is 0 Å². The van der Waals surface area contributed by atoms with Crippen LogP contribution in [0.1, 0.15) is 27.2 Å². The third kappa shape index (κ3) is 3.85. The second-order valence-corrected chi connectivity index (χ2v) is 4.19. The molecule has 1 aromatic heterocycles. The van der Waals surface area contributed by atoms with Gasteiger partial charge in [-0.2, -0.15) is 0 Å². The summed E-state index contributed by atoms with van der Waals surface area (Å²) >= 11 is 5.63. The summed E-state index contributed by atoms with van der Waals surface area (Å²) in [6, 6.07) is 1.65. The topological polar surface area (TPSA) is 58.1 Å². The molecule has 94 valence electrons. The molecule has 1 atom stereocenters. The molecule has 0 saturated carbocycles. The molecular weight excluding hydrogens is 240 g/mol. The van der Waals surface area contributed by atoms with Gasteiger partial charge < -0.3 is 5.32 Å². The van der Waals surface area contributed by atoms with Gasteiger partial charge in [0.05, 0.1) is 0 Å². The molecule has 2 rings (SSSR count). The van der Waals surface area contributed by atoms with Gasteiger partial charge in [0, 0.05) is 18.8 Å². The van der Waals surface area contributed by atoms with Crippen LogP contribution in [0.15, 0.2) is 12.3 Å². The van der Waals surface area contributed by atoms with Gasteiger partial charge in [-0.05, 0) is 24.6 Å². The molecule has 1 aromatic rings. The van der Waals surface area contributed by atoms with E-state index in [0.29, 0.717) is 12.4 Å². The summed E-state index contributed by atoms with van der Waals surface area (Å²) in [5.74, 6) is 0.534. The lowest BCUT2D eigenvalue weighted by atomic mass is 10.3. The number of carbonyl (C=O) groups excluding carboxylic acids is 1. The largest absolute Gasteiger partial charge is 0.333 e. The second-order valence-electron chi connectivity index (χ2n) is 3.85. The Balaban J connectivity index is 0.000000437. The van der Waals surface area contributed by atoms with E-state index in [1.54, 1.807) is 6.07 Å². The van der Waals surface area contributed by atoms with E-state index in [-0.39, 0.29) is 17.4 Å². The number of halogens is 1. The van der Waals surface area contributed by atoms with Crippen LogP contribution >= 0.6 is 11.6 Å². The van der Waals surface area contributed by atoms with Crippen LogP contribution < -0.4 is 10.2 Å². The van der Waals surface area contributed by atoms with Gasteiger partial charge in [-0.1, -0.05) is 20.3 Å². The molecule has 0 aromatic carbocycles. The average molecular weight is 257 g/mol. The van der Waals surface area contributed by atoms with Gasteiger partial charge in [-0.25, -0.2) is 14.8 Å². The summed E-state index contributed by atoms with van der Waals surface area (Å²) in [4.78, 5) is 20.7. The number of nitrogens with one attached hydrogen (secondary N) is 1. The minimum Gasteiger partial charge on any atom is -0.333 e. The molecule has 1 N–H and O–H groups in total. The number of amides is 2. The van der Waals surface area contributed by atoms with Crippen LogP contribution in [-0.4, -0.2) is 28.6 Å². The van der Waals surface area contributed by atoms with E-state index < -0.39 is 0 Å². The molecule has 1 aliphatic heterocycles. The highest BCUT2D eigenvalue weighted by Gasteiger charge is 2.27. The van der Waals surface area contributed by atoms with E-state index in [2.05, 4.69) is 29.1 Å². The summed E-state index contributed by atoms with van der Waals surface area (Å²) in [5, 5.41) is 2.92. The minimum absolute atomic E-state index is 0.135. The van der Waals surface area contributed by atoms with Gasteiger partial charge >= 0.3 is 6.03 Å². The summed E-state index contributed by atoms with van der Waals surface area (Å²) in [5.41, 5.74) is 0. The SMILES string of the molecule is CC1CN(c2ccnc(Cl)n2)C(=O)N1.CCC. The molecule has 1 unspecified atom stereocenters. The maximum absolute atomic E-state index is 11.4. The maximum Gasteiger partial charge on any atom is 0.323 e. The van der Waals surface area contributed by atoms with Crippen molar-refractivity contribution in [2.45, 2.75) is 33.2 Å². The van der Waals surface area contributed by atoms with Gasteiger partial charge in [0.25, 0.3) is 0 Å². The Hall–Kier alpha value is -1.36. The Bertz CT molecular complexity index is 385. The lowest BCUT2D eigenvalue weighted by Gasteiger charge is -2.12. The highest BCUT2D eigenvalue weighted by atomic mass is 35.5. The van der Waals surface area contributed by atoms with E-state index in [1.807, 2.05) is 6.92 Å². The van der Waals surface area contributed by atoms with Gasteiger partial charge in [0.1, 0.15) is 5.82 Å². The van der Waals surface area contributed by atoms with Crippen molar-refractivity contribution < 1.29 is 4.79 Å². The highest BCUT2D eigenvalue weighted by Crippen LogP contribution is 2.16. The molecule has 1 fully saturated rings. The number of aromatic nitrogens is 2. The van der Waals surface area contributed by atoms with Crippen molar-refractivity contribution in [2.24, 2.45) is 0 Å². The zero-order valence-corrected chi connectivity index (χ0v) is 11.0. The van der Waals surface area contributed by atoms with Crippen molar-refractivity contribution >= 4 is 23.4 Å². The molecule has 2 amide bonds. The lowest BCUT2D eigenvalue weighted by Crippen LogP contribution is -2.28. The monoisotopic (exact) mass is 256 g/mol. The van der Waals surface area contributed by atoms with Crippen LogP contribution in [0, 0.1) is 0 Å². The fourth-order valence-corrected chi connectivity index (χ4v) is 1.51. The molecule has 0 aliphatic carbocycles. The zero-order valence-electron chi connectivity index (χ0n) is 10.3. The van der Waals surface area contributed by atoms with E-state index in [4.69, 9.17) is 11.6 Å². The first-order chi connectivity index (χ1) is 8.08. The minimum atomic E-state index is -0.146. The number of nitrogens with zero attached hydrogens (tertiary/aromatic N) is 3. The van der Waals surface area contributed by atoms with Gasteiger partial charge in [-0.3, -0.25) is 4.90 Å². The Morgan fingerprint density at radius 3 is 2.71 bits per heavy atom. The van der Waals surface area contributed by atoms with Crippen LogP contribution in [0.25, 0.3) is 0 Å². The van der Waals surface area contributed by atoms with E-state index in [0.717, 1.165) is 0 Å². The summed E-state index contributed by atoms with van der Waals surface area (Å²) in [6.45, 7) is 6.78. The fraction of sp³-hybridized carbons (Fsp3) is 0.545. The van der Waals surface area contributed by atoms with Crippen LogP contribution in [0.3, 0.4) is 0 Å². The third-order valence-electron chi connectivity index (χ3n) is 1.96. The quantitative estimate of drug-likeness (QED) is 0.786. The molecule has 0 radical (unpaired) electrons. The maximum atomic E-state index is 11.4. The molecule has 1 saturated heterocycles. The zero-order chi connectivity index (χ0) is 12.8. The Kier molecular flexibility index (Phi) is 5.15. The average Bonchev–Trinajstić information content (AvgIpc) is 2.59. The number of hydrogen-bond donors (Lipinski definition) is 1. The van der Waals surface area contributed by atoms with Gasteiger partial charge in [0.2, 0.25) is 5.28 Å². The first kappa shape index (κ1) is 13.7. The van der Waals surface area contributed by atoms with E-state index in [1.165, 1.54) is 17.5 Å². The summed E-state index contributed by atoms with van der Waals surface area (Å²) in [6.07, 6.45) is 2.78. The Morgan fingerprint density at radius 1 is 1.59 bits per heavy atom. The van der Waals surface area contributed by atoms with Crippen LogP contribution in [0.2, 0.25) is 5.28 Å². The highest BCUT2D eigenvalue weighted by molar-refractivity contribution is 6.28. The van der Waals surface area contributed by atoms with Crippen molar-refractivity contribution in [3.63, 3.8) is 0 Å². The molecule has 17 heavy (non-hydrogen) atoms. The standard InChI is InChI=1S/C8H9ClN4O.C3H8/c1-5-4-13(8(14)11-5)6-2-3-10-7(9)12-6;1-3-2/h2-3,5H,4H2,1H3,(H,11,14);3H2,1-2H3. The third-order valence-corrected chi connectivity index (χ3v) is 2.14. The number of carbonyl (C=O) groups is 1. The second kappa shape index (κ2) is 6.39. The van der Waals surface area contributed by atoms with Crippen molar-refractivity contribution in [2.75, 3.05) is 11.4 Å². The Morgan fingerprint density at radius 2 is 2.24 bits per heavy atom. The van der Waals surface area contributed by atoms with E-state index >= 15 is 0 Å². The van der Waals surface area contributed by atoms with Crippen molar-refractivity contribution in [1.29, 1.82) is 0 Å². The number of anilines is 1. The predicted octanol–water partition coefficient (Wildman–Crippen LogP) is 2.46. The normalized spacial score (nSPS) is 18.5. The van der Waals surface area contributed by atoms with Crippen LogP contribution in [0.4, 0.5) is 10.6 Å². The number of urea groups is 1. The first-order valence-corrected chi connectivity index (χ1v) is 6.02. The summed E-state index contributed by atoms with van der Waals surface area (Å²) in [7, 11) is 0. The molecule has 0 spiro atoms. The van der Waals surface area contributed by atoms with Gasteiger partial charge in [-0.15, -0.1) is 0 Å². The molecular formula is C11H17ClN4O. The first-order valence-electron chi connectivity index (χ1n) is 5.65.